The Balaban J connectivity index is 1.74. The molecule has 1 aliphatic carbocycles. The fourth-order valence-corrected chi connectivity index (χ4v) is 6.75. The van der Waals surface area contributed by atoms with Gasteiger partial charge in [-0.05, 0) is 36.8 Å². The Morgan fingerprint density at radius 3 is 3.05 bits per heavy atom. The largest absolute Gasteiger partial charge is 0.292 e. The van der Waals surface area contributed by atoms with E-state index in [9.17, 15) is 4.79 Å². The second-order valence-electron chi connectivity index (χ2n) is 7.74. The first-order valence-corrected chi connectivity index (χ1v) is 8.63. The van der Waals surface area contributed by atoms with Gasteiger partial charge in [0.1, 0.15) is 5.66 Å². The van der Waals surface area contributed by atoms with Gasteiger partial charge in [0.2, 0.25) is 5.91 Å². The molecule has 5 aliphatic rings. The summed E-state index contributed by atoms with van der Waals surface area (Å²) in [5.74, 6) is 1.60. The van der Waals surface area contributed by atoms with Crippen molar-refractivity contribution in [3.63, 3.8) is 0 Å². The maximum atomic E-state index is 13.1. The lowest BCUT2D eigenvalue weighted by molar-refractivity contribution is -0.119. The Labute approximate surface area is 130 Å². The van der Waals surface area contributed by atoms with E-state index in [1.807, 2.05) is 0 Å². The van der Waals surface area contributed by atoms with Crippen LogP contribution in [0.3, 0.4) is 0 Å². The van der Waals surface area contributed by atoms with Crippen molar-refractivity contribution in [2.75, 3.05) is 18.0 Å². The van der Waals surface area contributed by atoms with E-state index in [-0.39, 0.29) is 11.1 Å². The number of hydrogen-bond donors (Lipinski definition) is 0. The summed E-state index contributed by atoms with van der Waals surface area (Å²) in [6.45, 7) is 2.14. The van der Waals surface area contributed by atoms with E-state index in [0.717, 1.165) is 13.1 Å². The van der Waals surface area contributed by atoms with Crippen LogP contribution >= 0.6 is 0 Å². The highest BCUT2D eigenvalue weighted by atomic mass is 16.2. The van der Waals surface area contributed by atoms with E-state index in [4.69, 9.17) is 0 Å². The second-order valence-corrected chi connectivity index (χ2v) is 7.74. The van der Waals surface area contributed by atoms with Crippen LogP contribution in [0.15, 0.2) is 36.4 Å². The van der Waals surface area contributed by atoms with Crippen LogP contribution in [0.2, 0.25) is 0 Å². The second kappa shape index (κ2) is 3.48. The van der Waals surface area contributed by atoms with E-state index in [1.54, 1.807) is 0 Å². The summed E-state index contributed by atoms with van der Waals surface area (Å²) >= 11 is 0. The molecule has 4 atom stereocenters. The first-order chi connectivity index (χ1) is 10.8. The Hall–Kier alpha value is -1.61. The fraction of sp³-hybridized carbons (Fsp3) is 0.526. The van der Waals surface area contributed by atoms with E-state index < -0.39 is 0 Å². The average Bonchev–Trinajstić information content (AvgIpc) is 2.99. The molecule has 1 saturated carbocycles. The number of carbonyl (C=O) groups excluding carboxylic acids is 1. The van der Waals surface area contributed by atoms with E-state index in [0.29, 0.717) is 24.2 Å². The Morgan fingerprint density at radius 1 is 1.18 bits per heavy atom. The molecule has 6 rings (SSSR count). The molecule has 4 unspecified atom stereocenters. The zero-order chi connectivity index (χ0) is 14.5. The molecule has 1 aromatic carbocycles. The number of carbonyl (C=O) groups is 1. The molecule has 1 aromatic rings. The first kappa shape index (κ1) is 11.9. The van der Waals surface area contributed by atoms with Crippen molar-refractivity contribution in [2.24, 2.45) is 11.3 Å². The van der Waals surface area contributed by atoms with Crippen molar-refractivity contribution in [2.45, 2.75) is 37.3 Å². The topological polar surface area (TPSA) is 23.6 Å². The fourth-order valence-electron chi connectivity index (χ4n) is 6.75. The van der Waals surface area contributed by atoms with E-state index in [2.05, 4.69) is 46.2 Å². The van der Waals surface area contributed by atoms with Gasteiger partial charge in [0.15, 0.2) is 0 Å². The Kier molecular flexibility index (Phi) is 1.88. The summed E-state index contributed by atoms with van der Waals surface area (Å²) in [5, 5.41) is 0. The number of para-hydroxylation sites is 1. The molecule has 4 heterocycles. The predicted molar refractivity (Wildman–Crippen MR) is 84.5 cm³/mol. The molecule has 0 radical (unpaired) electrons. The van der Waals surface area contributed by atoms with Crippen molar-refractivity contribution in [3.05, 3.63) is 42.0 Å². The molecule has 1 amide bonds. The summed E-state index contributed by atoms with van der Waals surface area (Å²) in [4.78, 5) is 17.9. The summed E-state index contributed by atoms with van der Waals surface area (Å²) in [6, 6.07) is 8.70. The number of amides is 1. The average molecular weight is 292 g/mol. The first-order valence-electron chi connectivity index (χ1n) is 8.63. The smallest absolute Gasteiger partial charge is 0.229 e. The molecule has 3 heteroatoms. The molecule has 3 fully saturated rings. The van der Waals surface area contributed by atoms with Crippen LogP contribution in [-0.2, 0) is 4.79 Å². The van der Waals surface area contributed by atoms with Crippen molar-refractivity contribution in [3.8, 4) is 0 Å². The van der Waals surface area contributed by atoms with Gasteiger partial charge >= 0.3 is 0 Å². The lowest BCUT2D eigenvalue weighted by Gasteiger charge is -2.63. The highest BCUT2D eigenvalue weighted by molar-refractivity contribution is 6.01. The Bertz CT molecular complexity index is 741. The number of nitrogens with zero attached hydrogens (tertiary/aromatic N) is 2. The maximum absolute atomic E-state index is 13.1. The van der Waals surface area contributed by atoms with Crippen LogP contribution in [0, 0.1) is 11.3 Å². The highest BCUT2D eigenvalue weighted by Gasteiger charge is 2.75. The molecule has 112 valence electrons. The number of hydrogen-bond acceptors (Lipinski definition) is 2. The monoisotopic (exact) mass is 292 g/mol. The van der Waals surface area contributed by atoms with Crippen LogP contribution in [0.5, 0.6) is 0 Å². The minimum atomic E-state index is -0.0455. The maximum Gasteiger partial charge on any atom is 0.229 e. The molecule has 1 spiro atoms. The van der Waals surface area contributed by atoms with Crippen LogP contribution < -0.4 is 4.90 Å². The van der Waals surface area contributed by atoms with Crippen LogP contribution in [-0.4, -0.2) is 29.6 Å². The molecule has 0 N–H and O–H groups in total. The minimum Gasteiger partial charge on any atom is -0.292 e. The Morgan fingerprint density at radius 2 is 2.09 bits per heavy atom. The van der Waals surface area contributed by atoms with Gasteiger partial charge in [0.25, 0.3) is 0 Å². The molecule has 0 aromatic heterocycles. The summed E-state index contributed by atoms with van der Waals surface area (Å²) < 4.78 is 0. The lowest BCUT2D eigenvalue weighted by Crippen LogP contribution is -2.72. The number of rotatable bonds is 0. The summed E-state index contributed by atoms with van der Waals surface area (Å²) in [7, 11) is 0. The number of anilines is 1. The molecular formula is C19H20N2O. The summed E-state index contributed by atoms with van der Waals surface area (Å²) in [5.41, 5.74) is 2.66. The SMILES string of the molecule is O=C1CC23C=CCN4CCC5c6ccccc6N1C42C5CC3. The van der Waals surface area contributed by atoms with Gasteiger partial charge < -0.3 is 0 Å². The molecule has 2 saturated heterocycles. The van der Waals surface area contributed by atoms with Crippen molar-refractivity contribution < 1.29 is 4.79 Å². The van der Waals surface area contributed by atoms with Crippen LogP contribution in [0.4, 0.5) is 5.69 Å². The molecule has 2 bridgehead atoms. The normalized spacial score (nSPS) is 44.2. The summed E-state index contributed by atoms with van der Waals surface area (Å²) in [6.07, 6.45) is 9.14. The van der Waals surface area contributed by atoms with Gasteiger partial charge in [-0.25, -0.2) is 0 Å². The third kappa shape index (κ3) is 0.978. The van der Waals surface area contributed by atoms with E-state index >= 15 is 0 Å². The van der Waals surface area contributed by atoms with Gasteiger partial charge in [-0.2, -0.15) is 0 Å². The van der Waals surface area contributed by atoms with Crippen molar-refractivity contribution in [1.29, 1.82) is 0 Å². The van der Waals surface area contributed by atoms with Gasteiger partial charge in [-0.3, -0.25) is 14.6 Å². The molecule has 4 aliphatic heterocycles. The van der Waals surface area contributed by atoms with Crippen molar-refractivity contribution in [1.82, 2.24) is 4.90 Å². The number of fused-ring (bicyclic) bond motifs is 3. The van der Waals surface area contributed by atoms with Gasteiger partial charge in [0, 0.05) is 36.5 Å². The third-order valence-corrected chi connectivity index (χ3v) is 7.23. The quantitative estimate of drug-likeness (QED) is 0.687. The number of piperidine rings is 1. The number of benzene rings is 1. The van der Waals surface area contributed by atoms with Crippen molar-refractivity contribution >= 4 is 11.6 Å². The van der Waals surface area contributed by atoms with Crippen LogP contribution in [0.1, 0.15) is 37.2 Å². The minimum absolute atomic E-state index is 0.0455. The predicted octanol–water partition coefficient (Wildman–Crippen LogP) is 2.89. The zero-order valence-corrected chi connectivity index (χ0v) is 12.7. The third-order valence-electron chi connectivity index (χ3n) is 7.23. The van der Waals surface area contributed by atoms with Gasteiger partial charge in [-0.1, -0.05) is 30.4 Å². The molecular weight excluding hydrogens is 272 g/mol. The standard InChI is InChI=1S/C19H20N2O/c22-17-12-18-8-3-10-20-11-7-13-14-4-1-2-5-16(14)21(17)19(18,20)15(13)6-9-18/h1-5,8,13,15H,6-7,9-12H2. The van der Waals surface area contributed by atoms with E-state index in [1.165, 1.54) is 30.5 Å². The molecule has 22 heavy (non-hydrogen) atoms. The molecule has 3 nitrogen and oxygen atoms in total. The van der Waals surface area contributed by atoms with Gasteiger partial charge in [0.05, 0.1) is 0 Å². The van der Waals surface area contributed by atoms with Crippen LogP contribution in [0.25, 0.3) is 0 Å². The lowest BCUT2D eigenvalue weighted by atomic mass is 9.63. The highest BCUT2D eigenvalue weighted by Crippen LogP contribution is 2.71. The van der Waals surface area contributed by atoms with Gasteiger partial charge in [-0.15, -0.1) is 0 Å². The zero-order valence-electron chi connectivity index (χ0n) is 12.7.